The third-order valence-electron chi connectivity index (χ3n) is 3.70. The first-order valence-electron chi connectivity index (χ1n) is 7.16. The van der Waals surface area contributed by atoms with Gasteiger partial charge in [-0.05, 0) is 24.3 Å². The molecule has 0 saturated heterocycles. The number of allylic oxidation sites excluding steroid dienone is 1. The minimum atomic E-state index is 0.248. The van der Waals surface area contributed by atoms with Crippen molar-refractivity contribution in [2.75, 3.05) is 0 Å². The summed E-state index contributed by atoms with van der Waals surface area (Å²) in [5.74, 6) is 0. The van der Waals surface area contributed by atoms with Gasteiger partial charge in [-0.15, -0.1) is 0 Å². The highest BCUT2D eigenvalue weighted by atomic mass is 35.5. The summed E-state index contributed by atoms with van der Waals surface area (Å²) in [6.45, 7) is 0.248. The number of benzene rings is 2. The molecule has 2 aromatic carbocycles. The number of hydrogen-bond donors (Lipinski definition) is 0. The van der Waals surface area contributed by atoms with Gasteiger partial charge in [-0.25, -0.2) is 0 Å². The van der Waals surface area contributed by atoms with Crippen LogP contribution in [0.25, 0.3) is 22.6 Å². The Morgan fingerprint density at radius 3 is 2.62 bits per heavy atom. The van der Waals surface area contributed by atoms with Crippen LogP contribution in [0, 0.1) is 22.7 Å². The summed E-state index contributed by atoms with van der Waals surface area (Å²) in [5, 5.41) is 20.5. The number of rotatable bonds is 3. The lowest BCUT2D eigenvalue weighted by Crippen LogP contribution is -1.91. The van der Waals surface area contributed by atoms with Crippen molar-refractivity contribution in [1.82, 2.24) is 4.57 Å². The number of hydrogen-bond acceptors (Lipinski definition) is 2. The van der Waals surface area contributed by atoms with E-state index in [0.717, 1.165) is 16.5 Å². The van der Waals surface area contributed by atoms with E-state index in [9.17, 15) is 5.26 Å². The van der Waals surface area contributed by atoms with Gasteiger partial charge in [-0.3, -0.25) is 0 Å². The van der Waals surface area contributed by atoms with E-state index in [4.69, 9.17) is 28.5 Å². The Morgan fingerprint density at radius 1 is 1.12 bits per heavy atom. The summed E-state index contributed by atoms with van der Waals surface area (Å²) >= 11 is 12.1. The molecule has 3 nitrogen and oxygen atoms in total. The molecule has 0 atom stereocenters. The second kappa shape index (κ2) is 6.81. The number of halogens is 2. The summed E-state index contributed by atoms with van der Waals surface area (Å²) in [5.41, 5.74) is 2.88. The molecule has 0 spiro atoms. The largest absolute Gasteiger partial charge is 0.333 e. The lowest BCUT2D eigenvalue weighted by atomic mass is 10.0. The van der Waals surface area contributed by atoms with Gasteiger partial charge in [0.25, 0.3) is 0 Å². The molecular formula is C19H11Cl2N3. The molecule has 0 saturated carbocycles. The highest BCUT2D eigenvalue weighted by Gasteiger charge is 2.11. The van der Waals surface area contributed by atoms with Crippen molar-refractivity contribution in [2.24, 2.45) is 0 Å². The fourth-order valence-electron chi connectivity index (χ4n) is 2.63. The zero-order chi connectivity index (χ0) is 17.1. The number of fused-ring (bicyclic) bond motifs is 1. The van der Waals surface area contributed by atoms with Crippen molar-refractivity contribution in [3.8, 4) is 12.1 Å². The van der Waals surface area contributed by atoms with Crippen LogP contribution >= 0.6 is 23.2 Å². The fourth-order valence-corrected chi connectivity index (χ4v) is 3.14. The van der Waals surface area contributed by atoms with Crippen LogP contribution in [0.3, 0.4) is 0 Å². The smallest absolute Gasteiger partial charge is 0.110 e. The molecule has 116 valence electrons. The van der Waals surface area contributed by atoms with E-state index >= 15 is 0 Å². The molecule has 1 aromatic heterocycles. The molecule has 3 rings (SSSR count). The second-order valence-corrected chi connectivity index (χ2v) is 6.03. The van der Waals surface area contributed by atoms with E-state index in [1.165, 1.54) is 0 Å². The summed E-state index contributed by atoms with van der Waals surface area (Å²) in [4.78, 5) is 0. The first kappa shape index (κ1) is 16.1. The lowest BCUT2D eigenvalue weighted by molar-refractivity contribution is 0.873. The summed E-state index contributed by atoms with van der Waals surface area (Å²) in [7, 11) is 0. The predicted octanol–water partition coefficient (Wildman–Crippen LogP) is 5.54. The molecular weight excluding hydrogens is 341 g/mol. The van der Waals surface area contributed by atoms with Crippen LogP contribution in [0.1, 0.15) is 11.1 Å². The van der Waals surface area contributed by atoms with Gasteiger partial charge < -0.3 is 4.57 Å². The Morgan fingerprint density at radius 2 is 1.92 bits per heavy atom. The van der Waals surface area contributed by atoms with Crippen LogP contribution in [0.2, 0.25) is 10.0 Å². The maximum absolute atomic E-state index is 9.55. The van der Waals surface area contributed by atoms with Gasteiger partial charge in [0, 0.05) is 33.2 Å². The topological polar surface area (TPSA) is 52.5 Å². The third kappa shape index (κ3) is 3.01. The second-order valence-electron chi connectivity index (χ2n) is 5.18. The Balaban J connectivity index is 2.18. The number of para-hydroxylation sites is 1. The zero-order valence-electron chi connectivity index (χ0n) is 12.5. The van der Waals surface area contributed by atoms with E-state index in [1.807, 2.05) is 35.0 Å². The quantitative estimate of drug-likeness (QED) is 0.582. The van der Waals surface area contributed by atoms with Gasteiger partial charge in [0.05, 0.1) is 22.7 Å². The number of aromatic nitrogens is 1. The minimum Gasteiger partial charge on any atom is -0.333 e. The van der Waals surface area contributed by atoms with Gasteiger partial charge in [0.15, 0.2) is 0 Å². The van der Waals surface area contributed by atoms with E-state index in [-0.39, 0.29) is 6.54 Å². The van der Waals surface area contributed by atoms with Gasteiger partial charge in [0.2, 0.25) is 0 Å². The number of nitrogens with zero attached hydrogens (tertiary/aromatic N) is 3. The lowest BCUT2D eigenvalue weighted by Gasteiger charge is -2.03. The molecule has 1 heterocycles. The van der Waals surface area contributed by atoms with Crippen LogP contribution in [0.5, 0.6) is 0 Å². The van der Waals surface area contributed by atoms with E-state index < -0.39 is 0 Å². The zero-order valence-corrected chi connectivity index (χ0v) is 14.0. The molecule has 0 N–H and O–H groups in total. The highest BCUT2D eigenvalue weighted by molar-refractivity contribution is 6.36. The number of nitriles is 2. The maximum atomic E-state index is 9.55. The maximum Gasteiger partial charge on any atom is 0.110 e. The minimum absolute atomic E-state index is 0.248. The normalized spacial score (nSPS) is 11.2. The van der Waals surface area contributed by atoms with Gasteiger partial charge in [-0.1, -0.05) is 47.5 Å². The van der Waals surface area contributed by atoms with E-state index in [1.54, 1.807) is 24.3 Å². The highest BCUT2D eigenvalue weighted by Crippen LogP contribution is 2.30. The monoisotopic (exact) mass is 351 g/mol. The average Bonchev–Trinajstić information content (AvgIpc) is 2.92. The molecule has 0 aliphatic heterocycles. The van der Waals surface area contributed by atoms with E-state index in [2.05, 4.69) is 12.1 Å². The third-order valence-corrected chi connectivity index (χ3v) is 4.25. The van der Waals surface area contributed by atoms with Gasteiger partial charge in [0.1, 0.15) is 6.54 Å². The van der Waals surface area contributed by atoms with Crippen molar-refractivity contribution in [2.45, 2.75) is 6.54 Å². The van der Waals surface area contributed by atoms with Crippen molar-refractivity contribution in [3.63, 3.8) is 0 Å². The first-order chi connectivity index (χ1) is 11.6. The van der Waals surface area contributed by atoms with Crippen LogP contribution in [-0.4, -0.2) is 4.57 Å². The van der Waals surface area contributed by atoms with Gasteiger partial charge >= 0.3 is 0 Å². The molecule has 5 heteroatoms. The molecule has 0 bridgehead atoms. The van der Waals surface area contributed by atoms with Gasteiger partial charge in [-0.2, -0.15) is 10.5 Å². The average molecular weight is 352 g/mol. The molecule has 24 heavy (non-hydrogen) atoms. The standard InChI is InChI=1S/C19H11Cl2N3/c20-15-5-6-16(18(21)10-15)13(11-23)9-14-12-24(8-7-22)19-4-2-1-3-17(14)19/h1-6,9-10,12H,8H2/b13-9-. The predicted molar refractivity (Wildman–Crippen MR) is 97.5 cm³/mol. The van der Waals surface area contributed by atoms with Crippen LogP contribution in [-0.2, 0) is 6.54 Å². The van der Waals surface area contributed by atoms with Crippen molar-refractivity contribution >= 4 is 45.8 Å². The summed E-state index contributed by atoms with van der Waals surface area (Å²) < 4.78 is 1.86. The fraction of sp³-hybridized carbons (Fsp3) is 0.0526. The Labute approximate surface area is 149 Å². The van der Waals surface area contributed by atoms with Crippen LogP contribution in [0.15, 0.2) is 48.7 Å². The summed E-state index contributed by atoms with van der Waals surface area (Å²) in [6.07, 6.45) is 3.65. The molecule has 0 radical (unpaired) electrons. The molecule has 0 amide bonds. The van der Waals surface area contributed by atoms with Crippen molar-refractivity contribution < 1.29 is 0 Å². The van der Waals surface area contributed by atoms with Crippen LogP contribution in [0.4, 0.5) is 0 Å². The van der Waals surface area contributed by atoms with E-state index in [0.29, 0.717) is 21.2 Å². The molecule has 3 aromatic rings. The molecule has 0 aliphatic rings. The Hall–Kier alpha value is -2.72. The van der Waals surface area contributed by atoms with Crippen molar-refractivity contribution in [1.29, 1.82) is 10.5 Å². The Kier molecular flexibility index (Phi) is 4.58. The molecule has 0 fully saturated rings. The first-order valence-corrected chi connectivity index (χ1v) is 7.91. The molecule has 0 unspecified atom stereocenters. The Bertz CT molecular complexity index is 1030. The SMILES string of the molecule is N#CCn1cc(/C=C(/C#N)c2ccc(Cl)cc2Cl)c2ccccc21. The van der Waals surface area contributed by atoms with Crippen molar-refractivity contribution in [3.05, 3.63) is 69.8 Å². The van der Waals surface area contributed by atoms with Crippen LogP contribution < -0.4 is 0 Å². The summed E-state index contributed by atoms with van der Waals surface area (Å²) in [6, 6.07) is 17.1. The molecule has 0 aliphatic carbocycles.